The van der Waals surface area contributed by atoms with Gasteiger partial charge in [0.15, 0.2) is 0 Å². The minimum absolute atomic E-state index is 0.113. The van der Waals surface area contributed by atoms with Crippen LogP contribution in [0.5, 0.6) is 0 Å². The van der Waals surface area contributed by atoms with Crippen molar-refractivity contribution in [3.63, 3.8) is 0 Å². The van der Waals surface area contributed by atoms with Gasteiger partial charge in [0.25, 0.3) is 0 Å². The third kappa shape index (κ3) is 9.42. The number of nitrogens with two attached hydrogens (primary N) is 3. The Morgan fingerprint density at radius 2 is 1.44 bits per heavy atom. The highest BCUT2D eigenvalue weighted by Crippen LogP contribution is 2.17. The summed E-state index contributed by atoms with van der Waals surface area (Å²) in [5, 5.41) is 8.52. The SMILES string of the molecule is CCO[Si](CCCN)(OCC)OCC.Nc1cc(N)cc(C(=O)O)c1. The smallest absolute Gasteiger partial charge is 0.478 e. The van der Waals surface area contributed by atoms with Gasteiger partial charge >= 0.3 is 14.8 Å². The molecule has 0 heterocycles. The minimum atomic E-state index is -2.40. The van der Waals surface area contributed by atoms with Crippen molar-refractivity contribution in [2.24, 2.45) is 5.73 Å². The maximum atomic E-state index is 10.4. The molecule has 0 aliphatic carbocycles. The second kappa shape index (κ2) is 12.7. The lowest BCUT2D eigenvalue weighted by Gasteiger charge is -2.28. The van der Waals surface area contributed by atoms with Gasteiger partial charge in [0.1, 0.15) is 0 Å². The van der Waals surface area contributed by atoms with E-state index in [2.05, 4.69) is 0 Å². The zero-order valence-electron chi connectivity index (χ0n) is 15.3. The Kier molecular flexibility index (Phi) is 11.8. The number of carbonyl (C=O) groups is 1. The summed E-state index contributed by atoms with van der Waals surface area (Å²) in [6, 6.07) is 5.04. The highest BCUT2D eigenvalue weighted by molar-refractivity contribution is 6.60. The van der Waals surface area contributed by atoms with Crippen molar-refractivity contribution in [2.45, 2.75) is 33.2 Å². The van der Waals surface area contributed by atoms with Crippen LogP contribution in [0.2, 0.25) is 6.04 Å². The standard InChI is InChI=1S/C9H23NO3Si.C7H8N2O2/c1-4-11-14(12-5-2,13-6-3)9-7-8-10;8-5-1-4(7(10)11)2-6(9)3-5/h4-10H2,1-3H3;1-3H,8-9H2,(H,10,11). The topological polar surface area (TPSA) is 143 Å². The van der Waals surface area contributed by atoms with Crippen LogP contribution in [0.4, 0.5) is 11.4 Å². The third-order valence-corrected chi connectivity index (χ3v) is 6.16. The van der Waals surface area contributed by atoms with Crippen LogP contribution >= 0.6 is 0 Å². The fourth-order valence-electron chi connectivity index (χ4n) is 2.12. The van der Waals surface area contributed by atoms with Crippen LogP contribution in [0, 0.1) is 0 Å². The van der Waals surface area contributed by atoms with Gasteiger partial charge in [0.05, 0.1) is 5.56 Å². The van der Waals surface area contributed by atoms with Crippen molar-refractivity contribution in [1.82, 2.24) is 0 Å². The molecule has 1 aromatic rings. The van der Waals surface area contributed by atoms with E-state index in [0.29, 0.717) is 37.7 Å². The molecular weight excluding hydrogens is 342 g/mol. The van der Waals surface area contributed by atoms with Crippen LogP contribution < -0.4 is 17.2 Å². The fraction of sp³-hybridized carbons (Fsp3) is 0.562. The van der Waals surface area contributed by atoms with E-state index >= 15 is 0 Å². The van der Waals surface area contributed by atoms with Gasteiger partial charge in [-0.1, -0.05) is 0 Å². The first-order chi connectivity index (χ1) is 11.8. The number of rotatable bonds is 10. The van der Waals surface area contributed by atoms with E-state index in [4.69, 9.17) is 35.6 Å². The van der Waals surface area contributed by atoms with Crippen LogP contribution in [0.25, 0.3) is 0 Å². The molecule has 9 heteroatoms. The van der Waals surface area contributed by atoms with Gasteiger partial charge in [0, 0.05) is 37.2 Å². The summed E-state index contributed by atoms with van der Waals surface area (Å²) in [6.07, 6.45) is 0.895. The van der Waals surface area contributed by atoms with Gasteiger partial charge < -0.3 is 35.6 Å². The first-order valence-electron chi connectivity index (χ1n) is 8.35. The Labute approximate surface area is 150 Å². The minimum Gasteiger partial charge on any atom is -0.478 e. The summed E-state index contributed by atoms with van der Waals surface area (Å²) in [6.45, 7) is 8.44. The molecule has 0 atom stereocenters. The van der Waals surface area contributed by atoms with Crippen molar-refractivity contribution >= 4 is 26.1 Å². The Morgan fingerprint density at radius 3 is 1.76 bits per heavy atom. The molecule has 25 heavy (non-hydrogen) atoms. The second-order valence-corrected chi connectivity index (χ2v) is 7.80. The van der Waals surface area contributed by atoms with Gasteiger partial charge in [-0.2, -0.15) is 0 Å². The number of aromatic carboxylic acids is 1. The monoisotopic (exact) mass is 373 g/mol. The molecule has 0 aliphatic heterocycles. The zero-order valence-corrected chi connectivity index (χ0v) is 16.3. The normalized spacial score (nSPS) is 10.9. The molecule has 0 aliphatic rings. The summed E-state index contributed by atoms with van der Waals surface area (Å²) >= 11 is 0. The first kappa shape index (κ1) is 23.3. The van der Waals surface area contributed by atoms with Crippen LogP contribution in [0.3, 0.4) is 0 Å². The number of hydrogen-bond acceptors (Lipinski definition) is 7. The van der Waals surface area contributed by atoms with Crippen LogP contribution in [-0.4, -0.2) is 46.2 Å². The van der Waals surface area contributed by atoms with Crippen LogP contribution in [0.15, 0.2) is 18.2 Å². The van der Waals surface area contributed by atoms with Gasteiger partial charge in [-0.05, 0) is 51.9 Å². The maximum absolute atomic E-state index is 10.4. The van der Waals surface area contributed by atoms with Crippen molar-refractivity contribution in [1.29, 1.82) is 0 Å². The average Bonchev–Trinajstić information content (AvgIpc) is 2.53. The van der Waals surface area contributed by atoms with Gasteiger partial charge in [-0.25, -0.2) is 4.79 Å². The lowest BCUT2D eigenvalue weighted by atomic mass is 10.2. The number of carboxylic acid groups (broad SMARTS) is 1. The Hall–Kier alpha value is -1.65. The fourth-order valence-corrected chi connectivity index (χ4v) is 4.76. The average molecular weight is 374 g/mol. The number of hydrogen-bond donors (Lipinski definition) is 4. The zero-order chi connectivity index (χ0) is 19.3. The molecule has 0 spiro atoms. The quantitative estimate of drug-likeness (QED) is 0.360. The van der Waals surface area contributed by atoms with Crippen molar-refractivity contribution in [3.8, 4) is 0 Å². The Balaban J connectivity index is 0.000000472. The van der Waals surface area contributed by atoms with Crippen molar-refractivity contribution < 1.29 is 23.2 Å². The molecule has 144 valence electrons. The van der Waals surface area contributed by atoms with Crippen LogP contribution in [0.1, 0.15) is 37.6 Å². The third-order valence-electron chi connectivity index (χ3n) is 3.00. The van der Waals surface area contributed by atoms with Gasteiger partial charge in [-0.3, -0.25) is 0 Å². The summed E-state index contributed by atoms with van der Waals surface area (Å²) in [7, 11) is -2.40. The molecule has 0 amide bonds. The maximum Gasteiger partial charge on any atom is 0.500 e. The summed E-state index contributed by atoms with van der Waals surface area (Å²) in [5.74, 6) is -1.02. The second-order valence-electron chi connectivity index (χ2n) is 5.07. The molecule has 0 bridgehead atoms. The molecule has 1 rings (SSSR count). The summed E-state index contributed by atoms with van der Waals surface area (Å²) in [5.41, 5.74) is 17.0. The van der Waals surface area contributed by atoms with Crippen molar-refractivity contribution in [3.05, 3.63) is 23.8 Å². The van der Waals surface area contributed by atoms with E-state index in [1.807, 2.05) is 20.8 Å². The lowest BCUT2D eigenvalue weighted by molar-refractivity contribution is 0.0692. The predicted molar refractivity (Wildman–Crippen MR) is 101 cm³/mol. The van der Waals surface area contributed by atoms with E-state index in [9.17, 15) is 4.79 Å². The molecule has 0 fully saturated rings. The van der Waals surface area contributed by atoms with Crippen molar-refractivity contribution in [2.75, 3.05) is 37.8 Å². The van der Waals surface area contributed by atoms with E-state index in [1.165, 1.54) is 18.2 Å². The van der Waals surface area contributed by atoms with Gasteiger partial charge in [0.2, 0.25) is 0 Å². The molecule has 0 radical (unpaired) electrons. The number of benzene rings is 1. The van der Waals surface area contributed by atoms with E-state index in [0.717, 1.165) is 12.5 Å². The number of carboxylic acids is 1. The Morgan fingerprint density at radius 1 is 1.00 bits per heavy atom. The molecule has 0 saturated heterocycles. The van der Waals surface area contributed by atoms with Gasteiger partial charge in [-0.15, -0.1) is 0 Å². The number of anilines is 2. The largest absolute Gasteiger partial charge is 0.500 e. The molecule has 0 aromatic heterocycles. The number of nitrogen functional groups attached to an aromatic ring is 2. The highest BCUT2D eigenvalue weighted by Gasteiger charge is 2.39. The Bertz CT molecular complexity index is 479. The molecule has 0 unspecified atom stereocenters. The first-order valence-corrected chi connectivity index (χ1v) is 10.3. The molecule has 0 saturated carbocycles. The van der Waals surface area contributed by atoms with E-state index in [1.54, 1.807) is 0 Å². The van der Waals surface area contributed by atoms with Crippen LogP contribution in [-0.2, 0) is 13.3 Å². The summed E-state index contributed by atoms with van der Waals surface area (Å²) < 4.78 is 17.0. The lowest BCUT2D eigenvalue weighted by Crippen LogP contribution is -2.46. The highest BCUT2D eigenvalue weighted by atomic mass is 28.4. The van der Waals surface area contributed by atoms with E-state index in [-0.39, 0.29) is 5.56 Å². The molecular formula is C16H31N3O5Si. The molecule has 1 aromatic carbocycles. The van der Waals surface area contributed by atoms with E-state index < -0.39 is 14.8 Å². The molecule has 8 nitrogen and oxygen atoms in total. The predicted octanol–water partition coefficient (Wildman–Crippen LogP) is 1.93. The molecule has 7 N–H and O–H groups in total. The summed E-state index contributed by atoms with van der Waals surface area (Å²) in [4.78, 5) is 10.4.